The number of hydrogen-bond acceptors (Lipinski definition) is 5. The van der Waals surface area contributed by atoms with Crippen LogP contribution in [0.4, 0.5) is 5.82 Å². The molecule has 0 unspecified atom stereocenters. The molecule has 0 saturated carbocycles. The number of piperidine rings is 1. The molecule has 6 nitrogen and oxygen atoms in total. The Labute approximate surface area is 129 Å². The molecule has 1 fully saturated rings. The Kier molecular flexibility index (Phi) is 4.58. The number of hydrogen-bond donors (Lipinski definition) is 1. The van der Waals surface area contributed by atoms with Gasteiger partial charge in [0.15, 0.2) is 0 Å². The molecule has 0 atom stereocenters. The molecule has 0 spiro atoms. The van der Waals surface area contributed by atoms with E-state index in [2.05, 4.69) is 25.2 Å². The van der Waals surface area contributed by atoms with Gasteiger partial charge in [-0.25, -0.2) is 4.98 Å². The third-order valence-corrected chi connectivity index (χ3v) is 3.96. The molecule has 3 rings (SSSR count). The van der Waals surface area contributed by atoms with Crippen LogP contribution in [0.15, 0.2) is 43.1 Å². The fourth-order valence-electron chi connectivity index (χ4n) is 2.66. The molecule has 0 bridgehead atoms. The molecular formula is C16H19N5O. The van der Waals surface area contributed by atoms with Gasteiger partial charge in [0.1, 0.15) is 5.82 Å². The van der Waals surface area contributed by atoms with Crippen molar-refractivity contribution in [3.05, 3.63) is 48.7 Å². The third kappa shape index (κ3) is 3.58. The number of rotatable bonds is 4. The van der Waals surface area contributed by atoms with Gasteiger partial charge >= 0.3 is 0 Å². The van der Waals surface area contributed by atoms with Crippen molar-refractivity contribution in [2.45, 2.75) is 19.4 Å². The minimum Gasteiger partial charge on any atom is -0.355 e. The first-order chi connectivity index (χ1) is 10.8. The number of pyridine rings is 1. The summed E-state index contributed by atoms with van der Waals surface area (Å²) < 4.78 is 0. The summed E-state index contributed by atoms with van der Waals surface area (Å²) in [5, 5.41) is 3.01. The Balaban J connectivity index is 1.48. The van der Waals surface area contributed by atoms with E-state index in [1.54, 1.807) is 31.0 Å². The number of amides is 1. The molecule has 6 heteroatoms. The van der Waals surface area contributed by atoms with E-state index in [4.69, 9.17) is 0 Å². The SMILES string of the molecule is O=C(NCc1ccncc1)C1CCN(c2cnccn2)CC1. The highest BCUT2D eigenvalue weighted by Gasteiger charge is 2.25. The standard InChI is InChI=1S/C16H19N5O/c22-16(20-11-13-1-5-17-6-2-13)14-3-9-21(10-4-14)15-12-18-7-8-19-15/h1-2,5-8,12,14H,3-4,9-11H2,(H,20,22). The lowest BCUT2D eigenvalue weighted by Gasteiger charge is -2.31. The average molecular weight is 297 g/mol. The molecule has 1 N–H and O–H groups in total. The molecule has 0 aliphatic carbocycles. The fourth-order valence-corrected chi connectivity index (χ4v) is 2.66. The summed E-state index contributed by atoms with van der Waals surface area (Å²) in [6.45, 7) is 2.24. The first-order valence-corrected chi connectivity index (χ1v) is 7.50. The van der Waals surface area contributed by atoms with Gasteiger partial charge in [0.05, 0.1) is 6.20 Å². The highest BCUT2D eigenvalue weighted by Crippen LogP contribution is 2.21. The zero-order valence-corrected chi connectivity index (χ0v) is 12.4. The molecule has 1 saturated heterocycles. The van der Waals surface area contributed by atoms with Crippen LogP contribution in [0.2, 0.25) is 0 Å². The number of nitrogens with one attached hydrogen (secondary N) is 1. The van der Waals surface area contributed by atoms with Gasteiger partial charge in [0, 0.05) is 50.3 Å². The van der Waals surface area contributed by atoms with E-state index in [1.807, 2.05) is 12.1 Å². The molecule has 0 radical (unpaired) electrons. The predicted octanol–water partition coefficient (Wildman–Crippen LogP) is 1.40. The number of anilines is 1. The predicted molar refractivity (Wildman–Crippen MR) is 83.1 cm³/mol. The summed E-state index contributed by atoms with van der Waals surface area (Å²) in [5.74, 6) is 1.10. The van der Waals surface area contributed by atoms with E-state index in [1.165, 1.54) is 0 Å². The fraction of sp³-hybridized carbons (Fsp3) is 0.375. The highest BCUT2D eigenvalue weighted by molar-refractivity contribution is 5.78. The maximum absolute atomic E-state index is 12.2. The van der Waals surface area contributed by atoms with Crippen LogP contribution < -0.4 is 10.2 Å². The van der Waals surface area contributed by atoms with Crippen LogP contribution in [0.25, 0.3) is 0 Å². The normalized spacial score (nSPS) is 15.5. The molecule has 2 aromatic heterocycles. The van der Waals surface area contributed by atoms with Gasteiger partial charge in [-0.15, -0.1) is 0 Å². The van der Waals surface area contributed by atoms with Crippen molar-refractivity contribution in [1.29, 1.82) is 0 Å². The maximum atomic E-state index is 12.2. The van der Waals surface area contributed by atoms with E-state index in [0.29, 0.717) is 6.54 Å². The summed E-state index contributed by atoms with van der Waals surface area (Å²) in [6.07, 6.45) is 10.3. The van der Waals surface area contributed by atoms with E-state index in [9.17, 15) is 4.79 Å². The smallest absolute Gasteiger partial charge is 0.223 e. The first-order valence-electron chi connectivity index (χ1n) is 7.50. The number of carbonyl (C=O) groups excluding carboxylic acids is 1. The van der Waals surface area contributed by atoms with E-state index < -0.39 is 0 Å². The van der Waals surface area contributed by atoms with Crippen molar-refractivity contribution in [2.24, 2.45) is 5.92 Å². The molecule has 1 amide bonds. The van der Waals surface area contributed by atoms with Crippen molar-refractivity contribution in [2.75, 3.05) is 18.0 Å². The quantitative estimate of drug-likeness (QED) is 0.924. The Morgan fingerprint density at radius 3 is 2.59 bits per heavy atom. The largest absolute Gasteiger partial charge is 0.355 e. The van der Waals surface area contributed by atoms with Crippen molar-refractivity contribution < 1.29 is 4.79 Å². The van der Waals surface area contributed by atoms with Gasteiger partial charge in [0.2, 0.25) is 5.91 Å². The molecule has 1 aliphatic rings. The van der Waals surface area contributed by atoms with E-state index in [0.717, 1.165) is 37.3 Å². The van der Waals surface area contributed by atoms with Gasteiger partial charge in [0.25, 0.3) is 0 Å². The van der Waals surface area contributed by atoms with E-state index in [-0.39, 0.29) is 11.8 Å². The number of carbonyl (C=O) groups is 1. The van der Waals surface area contributed by atoms with Crippen molar-refractivity contribution in [3.8, 4) is 0 Å². The second-order valence-electron chi connectivity index (χ2n) is 5.40. The van der Waals surface area contributed by atoms with Crippen molar-refractivity contribution in [3.63, 3.8) is 0 Å². The minimum atomic E-state index is 0.0785. The van der Waals surface area contributed by atoms with Crippen molar-refractivity contribution >= 4 is 11.7 Å². The zero-order valence-electron chi connectivity index (χ0n) is 12.4. The number of aromatic nitrogens is 3. The Bertz CT molecular complexity index is 596. The number of nitrogens with zero attached hydrogens (tertiary/aromatic N) is 4. The lowest BCUT2D eigenvalue weighted by atomic mass is 9.96. The molecule has 2 aromatic rings. The Morgan fingerprint density at radius 2 is 1.91 bits per heavy atom. The van der Waals surface area contributed by atoms with Crippen LogP contribution in [0.3, 0.4) is 0 Å². The second kappa shape index (κ2) is 6.98. The van der Waals surface area contributed by atoms with Crippen LogP contribution in [0.5, 0.6) is 0 Å². The van der Waals surface area contributed by atoms with Gasteiger partial charge in [-0.3, -0.25) is 14.8 Å². The lowest BCUT2D eigenvalue weighted by Crippen LogP contribution is -2.40. The highest BCUT2D eigenvalue weighted by atomic mass is 16.1. The Morgan fingerprint density at radius 1 is 1.14 bits per heavy atom. The summed E-state index contributed by atoms with van der Waals surface area (Å²) in [5.41, 5.74) is 1.07. The summed E-state index contributed by atoms with van der Waals surface area (Å²) in [7, 11) is 0. The van der Waals surface area contributed by atoms with Gasteiger partial charge < -0.3 is 10.2 Å². The minimum absolute atomic E-state index is 0.0785. The third-order valence-electron chi connectivity index (χ3n) is 3.96. The van der Waals surface area contributed by atoms with Gasteiger partial charge in [-0.1, -0.05) is 0 Å². The molecular weight excluding hydrogens is 278 g/mol. The molecule has 1 aliphatic heterocycles. The molecule has 0 aromatic carbocycles. The zero-order chi connectivity index (χ0) is 15.2. The van der Waals surface area contributed by atoms with Crippen LogP contribution in [0.1, 0.15) is 18.4 Å². The van der Waals surface area contributed by atoms with Crippen LogP contribution in [-0.4, -0.2) is 33.9 Å². The van der Waals surface area contributed by atoms with Crippen LogP contribution in [-0.2, 0) is 11.3 Å². The van der Waals surface area contributed by atoms with Crippen LogP contribution >= 0.6 is 0 Å². The molecule has 114 valence electrons. The lowest BCUT2D eigenvalue weighted by molar-refractivity contribution is -0.125. The molecule has 3 heterocycles. The summed E-state index contributed by atoms with van der Waals surface area (Å²) >= 11 is 0. The van der Waals surface area contributed by atoms with E-state index >= 15 is 0 Å². The monoisotopic (exact) mass is 297 g/mol. The summed E-state index contributed by atoms with van der Waals surface area (Å²) in [4.78, 5) is 26.8. The maximum Gasteiger partial charge on any atom is 0.223 e. The van der Waals surface area contributed by atoms with Gasteiger partial charge in [-0.2, -0.15) is 0 Å². The van der Waals surface area contributed by atoms with Crippen molar-refractivity contribution in [1.82, 2.24) is 20.3 Å². The first kappa shape index (κ1) is 14.4. The summed E-state index contributed by atoms with van der Waals surface area (Å²) in [6, 6.07) is 3.83. The average Bonchev–Trinajstić information content (AvgIpc) is 2.61. The molecule has 22 heavy (non-hydrogen) atoms. The Hall–Kier alpha value is -2.50. The second-order valence-corrected chi connectivity index (χ2v) is 5.40. The van der Waals surface area contributed by atoms with Gasteiger partial charge in [-0.05, 0) is 30.5 Å². The topological polar surface area (TPSA) is 71.0 Å². The van der Waals surface area contributed by atoms with Crippen LogP contribution in [0, 0.1) is 5.92 Å².